The van der Waals surface area contributed by atoms with Gasteiger partial charge in [0.05, 0.1) is 4.90 Å². The molecule has 0 saturated heterocycles. The van der Waals surface area contributed by atoms with E-state index in [1.165, 1.54) is 12.1 Å². The predicted octanol–water partition coefficient (Wildman–Crippen LogP) is 2.22. The van der Waals surface area contributed by atoms with Crippen molar-refractivity contribution in [3.8, 4) is 0 Å². The van der Waals surface area contributed by atoms with Crippen LogP contribution < -0.4 is 5.32 Å². The molecule has 0 heterocycles. The van der Waals surface area contributed by atoms with Gasteiger partial charge in [0, 0.05) is 6.04 Å². The van der Waals surface area contributed by atoms with Crippen molar-refractivity contribution in [3.05, 3.63) is 29.8 Å². The minimum absolute atomic E-state index is 0.147. The summed E-state index contributed by atoms with van der Waals surface area (Å²) in [7, 11) is -2.72. The molecule has 1 fully saturated rings. The molecule has 1 N–H and O–H groups in total. The molecular weight excluding hydrogens is 272 g/mol. The van der Waals surface area contributed by atoms with Crippen LogP contribution in [0.3, 0.4) is 0 Å². The molecule has 1 aromatic rings. The van der Waals surface area contributed by atoms with Crippen molar-refractivity contribution in [2.24, 2.45) is 5.92 Å². The second-order valence-electron chi connectivity index (χ2n) is 4.85. The number of likely N-dealkylation sites (N-methyl/N-ethyl adjacent to an activating group) is 1. The number of rotatable bonds is 6. The highest BCUT2D eigenvalue weighted by atomic mass is 32.2. The largest absolute Gasteiger partial charge is 0.341 e. The van der Waals surface area contributed by atoms with E-state index < -0.39 is 15.6 Å². The second-order valence-corrected chi connectivity index (χ2v) is 6.74. The highest BCUT2D eigenvalue weighted by Crippen LogP contribution is 2.35. The van der Waals surface area contributed by atoms with Crippen LogP contribution in [0.15, 0.2) is 29.2 Å². The Kier molecular flexibility index (Phi) is 4.20. The molecule has 0 aliphatic heterocycles. The standard InChI is InChI=1S/C13H17F2NO2S/c1-16-11(9-6-7-9)8-10-4-2-3-5-12(10)19(17,18)13(14)15/h2-5,9,11,13,16H,6-8H2,1H3. The number of alkyl halides is 2. The van der Waals surface area contributed by atoms with Crippen LogP contribution in [0.25, 0.3) is 0 Å². The van der Waals surface area contributed by atoms with Crippen LogP contribution >= 0.6 is 0 Å². The maximum absolute atomic E-state index is 12.7. The molecule has 3 nitrogen and oxygen atoms in total. The molecule has 1 saturated carbocycles. The van der Waals surface area contributed by atoms with Crippen molar-refractivity contribution >= 4 is 9.84 Å². The number of nitrogens with one attached hydrogen (secondary N) is 1. The third-order valence-corrected chi connectivity index (χ3v) is 5.00. The summed E-state index contributed by atoms with van der Waals surface area (Å²) in [5, 5.41) is 3.14. The predicted molar refractivity (Wildman–Crippen MR) is 68.9 cm³/mol. The van der Waals surface area contributed by atoms with E-state index in [1.54, 1.807) is 12.1 Å². The van der Waals surface area contributed by atoms with Crippen LogP contribution in [0.5, 0.6) is 0 Å². The molecule has 6 heteroatoms. The lowest BCUT2D eigenvalue weighted by Gasteiger charge is -2.17. The van der Waals surface area contributed by atoms with Gasteiger partial charge in [0.1, 0.15) is 0 Å². The molecule has 19 heavy (non-hydrogen) atoms. The average molecular weight is 289 g/mol. The van der Waals surface area contributed by atoms with Crippen molar-refractivity contribution < 1.29 is 17.2 Å². The van der Waals surface area contributed by atoms with E-state index in [9.17, 15) is 17.2 Å². The van der Waals surface area contributed by atoms with E-state index in [-0.39, 0.29) is 10.9 Å². The average Bonchev–Trinajstić information content (AvgIpc) is 3.20. The summed E-state index contributed by atoms with van der Waals surface area (Å²) in [6.45, 7) is 0. The highest BCUT2D eigenvalue weighted by molar-refractivity contribution is 7.91. The summed E-state index contributed by atoms with van der Waals surface area (Å²) in [6.07, 6.45) is 2.67. The monoisotopic (exact) mass is 289 g/mol. The molecule has 1 aliphatic rings. The molecule has 1 aliphatic carbocycles. The minimum atomic E-state index is -4.53. The van der Waals surface area contributed by atoms with Gasteiger partial charge >= 0.3 is 5.76 Å². The fraction of sp³-hybridized carbons (Fsp3) is 0.538. The Labute approximate surface area is 111 Å². The van der Waals surface area contributed by atoms with Crippen LogP contribution in [0.4, 0.5) is 8.78 Å². The Morgan fingerprint density at radius 2 is 1.95 bits per heavy atom. The van der Waals surface area contributed by atoms with E-state index in [1.807, 2.05) is 7.05 Å². The lowest BCUT2D eigenvalue weighted by molar-refractivity contribution is 0.234. The van der Waals surface area contributed by atoms with Crippen LogP contribution in [-0.2, 0) is 16.3 Å². The molecule has 0 spiro atoms. The molecule has 0 amide bonds. The van der Waals surface area contributed by atoms with Gasteiger partial charge in [-0.1, -0.05) is 18.2 Å². The number of hydrogen-bond acceptors (Lipinski definition) is 3. The molecule has 0 bridgehead atoms. The van der Waals surface area contributed by atoms with Crippen LogP contribution in [-0.4, -0.2) is 27.3 Å². The van der Waals surface area contributed by atoms with Crippen molar-refractivity contribution in [3.63, 3.8) is 0 Å². The molecule has 0 aromatic heterocycles. The first kappa shape index (κ1) is 14.4. The molecule has 2 rings (SSSR count). The lowest BCUT2D eigenvalue weighted by Crippen LogP contribution is -2.30. The summed E-state index contributed by atoms with van der Waals surface area (Å²) >= 11 is 0. The maximum Gasteiger partial charge on any atom is 0.341 e. The van der Waals surface area contributed by atoms with Crippen LogP contribution in [0, 0.1) is 5.92 Å². The third kappa shape index (κ3) is 3.12. The van der Waals surface area contributed by atoms with Gasteiger partial charge < -0.3 is 5.32 Å². The minimum Gasteiger partial charge on any atom is -0.316 e. The first-order valence-electron chi connectivity index (χ1n) is 6.24. The molecule has 1 unspecified atom stereocenters. The zero-order valence-corrected chi connectivity index (χ0v) is 11.5. The topological polar surface area (TPSA) is 46.2 Å². The van der Waals surface area contributed by atoms with Gasteiger partial charge in [0.15, 0.2) is 0 Å². The number of benzene rings is 1. The summed E-state index contributed by atoms with van der Waals surface area (Å²) in [5.74, 6) is -2.85. The number of hydrogen-bond donors (Lipinski definition) is 1. The zero-order chi connectivity index (χ0) is 14.0. The van der Waals surface area contributed by atoms with Crippen molar-refractivity contribution in [1.29, 1.82) is 0 Å². The fourth-order valence-corrected chi connectivity index (χ4v) is 3.26. The fourth-order valence-electron chi connectivity index (χ4n) is 2.29. The van der Waals surface area contributed by atoms with Gasteiger partial charge in [0.25, 0.3) is 0 Å². The Balaban J connectivity index is 2.30. The molecule has 106 valence electrons. The summed E-state index contributed by atoms with van der Waals surface area (Å²) in [6, 6.07) is 6.18. The first-order chi connectivity index (χ1) is 8.96. The Morgan fingerprint density at radius 3 is 2.47 bits per heavy atom. The van der Waals surface area contributed by atoms with Crippen molar-refractivity contribution in [2.75, 3.05) is 7.05 Å². The van der Waals surface area contributed by atoms with E-state index >= 15 is 0 Å². The summed E-state index contributed by atoms with van der Waals surface area (Å²) in [5.41, 5.74) is 0.467. The first-order valence-corrected chi connectivity index (χ1v) is 7.78. The molecular formula is C13H17F2NO2S. The Hall–Kier alpha value is -1.01. The Morgan fingerprint density at radius 1 is 1.32 bits per heavy atom. The number of sulfone groups is 1. The van der Waals surface area contributed by atoms with E-state index in [0.717, 1.165) is 12.8 Å². The smallest absolute Gasteiger partial charge is 0.316 e. The lowest BCUT2D eigenvalue weighted by atomic mass is 10.0. The quantitative estimate of drug-likeness (QED) is 0.873. The number of halogens is 2. The zero-order valence-electron chi connectivity index (χ0n) is 10.6. The van der Waals surface area contributed by atoms with Crippen molar-refractivity contribution in [2.45, 2.75) is 36.0 Å². The highest BCUT2D eigenvalue weighted by Gasteiger charge is 2.33. The molecule has 0 radical (unpaired) electrons. The van der Waals surface area contributed by atoms with Crippen LogP contribution in [0.1, 0.15) is 18.4 Å². The second kappa shape index (κ2) is 5.54. The molecule has 1 aromatic carbocycles. The van der Waals surface area contributed by atoms with Gasteiger partial charge in [-0.15, -0.1) is 0 Å². The van der Waals surface area contributed by atoms with Gasteiger partial charge in [-0.3, -0.25) is 0 Å². The summed E-state index contributed by atoms with van der Waals surface area (Å²) < 4.78 is 48.6. The maximum atomic E-state index is 12.7. The van der Waals surface area contributed by atoms with Crippen molar-refractivity contribution in [1.82, 2.24) is 5.32 Å². The van der Waals surface area contributed by atoms with E-state index in [2.05, 4.69) is 5.32 Å². The van der Waals surface area contributed by atoms with Gasteiger partial charge in [-0.05, 0) is 43.9 Å². The normalized spacial score (nSPS) is 17.7. The summed E-state index contributed by atoms with van der Waals surface area (Å²) in [4.78, 5) is -0.245. The van der Waals surface area contributed by atoms with Gasteiger partial charge in [-0.2, -0.15) is 8.78 Å². The van der Waals surface area contributed by atoms with Gasteiger partial charge in [-0.25, -0.2) is 8.42 Å². The molecule has 1 atom stereocenters. The SMILES string of the molecule is CNC(Cc1ccccc1S(=O)(=O)C(F)F)C1CC1. The van der Waals surface area contributed by atoms with Crippen LogP contribution in [0.2, 0.25) is 0 Å². The van der Waals surface area contributed by atoms with Gasteiger partial charge in [0.2, 0.25) is 9.84 Å². The third-order valence-electron chi connectivity index (χ3n) is 3.52. The Bertz CT molecular complexity index is 541. The van der Waals surface area contributed by atoms with E-state index in [0.29, 0.717) is 17.9 Å². The van der Waals surface area contributed by atoms with E-state index in [4.69, 9.17) is 0 Å².